The number of aromatic nitrogens is 2. The number of piperidine rings is 1. The van der Waals surface area contributed by atoms with Crippen LogP contribution in [0.2, 0.25) is 0 Å². The van der Waals surface area contributed by atoms with Crippen LogP contribution in [0.3, 0.4) is 0 Å². The van der Waals surface area contributed by atoms with Crippen molar-refractivity contribution < 1.29 is 9.53 Å². The van der Waals surface area contributed by atoms with E-state index >= 15 is 0 Å². The third kappa shape index (κ3) is 2.61. The van der Waals surface area contributed by atoms with E-state index in [4.69, 9.17) is 4.74 Å². The summed E-state index contributed by atoms with van der Waals surface area (Å²) < 4.78 is 5.47. The fourth-order valence-electron chi connectivity index (χ4n) is 2.97. The number of ether oxygens (including phenoxy) is 1. The normalized spacial score (nSPS) is 22.5. The Labute approximate surface area is 124 Å². The van der Waals surface area contributed by atoms with Crippen molar-refractivity contribution in [3.05, 3.63) is 36.2 Å². The second kappa shape index (κ2) is 5.77. The Morgan fingerprint density at radius 3 is 2.81 bits per heavy atom. The van der Waals surface area contributed by atoms with Crippen molar-refractivity contribution in [2.24, 2.45) is 0 Å². The maximum absolute atomic E-state index is 12.7. The van der Waals surface area contributed by atoms with Gasteiger partial charge in [0.1, 0.15) is 0 Å². The first kappa shape index (κ1) is 13.9. The Morgan fingerprint density at radius 1 is 1.29 bits per heavy atom. The van der Waals surface area contributed by atoms with E-state index in [0.29, 0.717) is 5.56 Å². The fraction of sp³-hybridized carbons (Fsp3) is 0.438. The molecule has 2 unspecified atom stereocenters. The van der Waals surface area contributed by atoms with Crippen LogP contribution in [0.1, 0.15) is 30.1 Å². The van der Waals surface area contributed by atoms with E-state index in [1.54, 1.807) is 19.5 Å². The molecule has 0 saturated carbocycles. The molecule has 1 aliphatic rings. The zero-order valence-electron chi connectivity index (χ0n) is 12.3. The minimum Gasteiger partial charge on any atom is -0.379 e. The molecular weight excluding hydrogens is 266 g/mol. The molecule has 110 valence electrons. The first-order valence-electron chi connectivity index (χ1n) is 7.25. The van der Waals surface area contributed by atoms with Crippen molar-refractivity contribution in [1.82, 2.24) is 14.9 Å². The topological polar surface area (TPSA) is 55.3 Å². The molecule has 2 atom stereocenters. The molecule has 21 heavy (non-hydrogen) atoms. The molecule has 3 rings (SSSR count). The zero-order valence-corrected chi connectivity index (χ0v) is 12.3. The van der Waals surface area contributed by atoms with Gasteiger partial charge in [-0.15, -0.1) is 0 Å². The van der Waals surface area contributed by atoms with Crippen molar-refractivity contribution in [3.8, 4) is 0 Å². The van der Waals surface area contributed by atoms with Crippen LogP contribution in [0.25, 0.3) is 11.0 Å². The summed E-state index contributed by atoms with van der Waals surface area (Å²) in [7, 11) is 1.71. The van der Waals surface area contributed by atoms with Gasteiger partial charge in [-0.2, -0.15) is 0 Å². The van der Waals surface area contributed by atoms with Crippen molar-refractivity contribution >= 4 is 16.9 Å². The number of fused-ring (bicyclic) bond motifs is 1. The van der Waals surface area contributed by atoms with E-state index in [9.17, 15) is 4.79 Å². The lowest BCUT2D eigenvalue weighted by Crippen LogP contribution is -2.49. The van der Waals surface area contributed by atoms with Gasteiger partial charge in [-0.1, -0.05) is 0 Å². The summed E-state index contributed by atoms with van der Waals surface area (Å²) in [6.07, 6.45) is 5.39. The van der Waals surface area contributed by atoms with Gasteiger partial charge in [-0.25, -0.2) is 0 Å². The second-order valence-corrected chi connectivity index (χ2v) is 5.42. The number of carbonyl (C=O) groups is 1. The predicted octanol–water partition coefficient (Wildman–Crippen LogP) is 2.27. The molecule has 1 amide bonds. The van der Waals surface area contributed by atoms with Gasteiger partial charge in [-0.05, 0) is 38.0 Å². The van der Waals surface area contributed by atoms with Crippen LogP contribution in [-0.2, 0) is 4.74 Å². The van der Waals surface area contributed by atoms with Crippen molar-refractivity contribution in [2.75, 3.05) is 13.7 Å². The van der Waals surface area contributed by atoms with E-state index in [2.05, 4.69) is 9.97 Å². The predicted molar refractivity (Wildman–Crippen MR) is 80.1 cm³/mol. The van der Waals surface area contributed by atoms with Crippen molar-refractivity contribution in [3.63, 3.8) is 0 Å². The van der Waals surface area contributed by atoms with E-state index < -0.39 is 0 Å². The number of likely N-dealkylation sites (tertiary alicyclic amines) is 1. The van der Waals surface area contributed by atoms with Crippen LogP contribution < -0.4 is 0 Å². The summed E-state index contributed by atoms with van der Waals surface area (Å²) in [4.78, 5) is 23.1. The zero-order chi connectivity index (χ0) is 14.8. The lowest BCUT2D eigenvalue weighted by Gasteiger charge is -2.38. The highest BCUT2D eigenvalue weighted by molar-refractivity contribution is 5.97. The van der Waals surface area contributed by atoms with Gasteiger partial charge in [0.2, 0.25) is 0 Å². The molecule has 1 aromatic heterocycles. The summed E-state index contributed by atoms with van der Waals surface area (Å²) in [6, 6.07) is 5.57. The minimum absolute atomic E-state index is 0.0387. The maximum atomic E-state index is 12.7. The molecule has 1 aliphatic heterocycles. The van der Waals surface area contributed by atoms with Crippen LogP contribution >= 0.6 is 0 Å². The highest BCUT2D eigenvalue weighted by Crippen LogP contribution is 2.22. The molecule has 0 N–H and O–H groups in total. The van der Waals surface area contributed by atoms with E-state index in [1.165, 1.54) is 0 Å². The molecule has 0 radical (unpaired) electrons. The SMILES string of the molecule is COC1CCCN(C(=O)c2ccc3nccnc3c2)C1C. The number of rotatable bonds is 2. The molecule has 1 fully saturated rings. The lowest BCUT2D eigenvalue weighted by atomic mass is 9.99. The monoisotopic (exact) mass is 285 g/mol. The third-order valence-corrected chi connectivity index (χ3v) is 4.20. The first-order valence-corrected chi connectivity index (χ1v) is 7.25. The Kier molecular flexibility index (Phi) is 3.84. The number of carbonyl (C=O) groups excluding carboxylic acids is 1. The maximum Gasteiger partial charge on any atom is 0.254 e. The van der Waals surface area contributed by atoms with E-state index in [1.807, 2.05) is 30.0 Å². The summed E-state index contributed by atoms with van der Waals surface area (Å²) >= 11 is 0. The quantitative estimate of drug-likeness (QED) is 0.849. The summed E-state index contributed by atoms with van der Waals surface area (Å²) in [5.74, 6) is 0.0387. The number of amides is 1. The van der Waals surface area contributed by atoms with Crippen LogP contribution in [0.4, 0.5) is 0 Å². The van der Waals surface area contributed by atoms with E-state index in [-0.39, 0.29) is 18.1 Å². The molecule has 2 heterocycles. The largest absolute Gasteiger partial charge is 0.379 e. The molecule has 1 aromatic carbocycles. The fourth-order valence-corrected chi connectivity index (χ4v) is 2.97. The molecule has 5 nitrogen and oxygen atoms in total. The standard InChI is InChI=1S/C16H19N3O2/c1-11-15(21-2)4-3-9-19(11)16(20)12-5-6-13-14(10-12)18-8-7-17-13/h5-8,10-11,15H,3-4,9H2,1-2H3. The number of benzene rings is 1. The Balaban J connectivity index is 1.89. The summed E-state index contributed by atoms with van der Waals surface area (Å²) in [5.41, 5.74) is 2.21. The molecule has 0 spiro atoms. The molecular formula is C16H19N3O2. The molecule has 1 saturated heterocycles. The average Bonchev–Trinajstić information content (AvgIpc) is 2.54. The Bertz CT molecular complexity index is 659. The van der Waals surface area contributed by atoms with Gasteiger partial charge in [-0.3, -0.25) is 14.8 Å². The smallest absolute Gasteiger partial charge is 0.254 e. The molecule has 0 bridgehead atoms. The minimum atomic E-state index is 0.0387. The Hall–Kier alpha value is -2.01. The lowest BCUT2D eigenvalue weighted by molar-refractivity contribution is -0.00556. The highest BCUT2D eigenvalue weighted by atomic mass is 16.5. The molecule has 5 heteroatoms. The van der Waals surface area contributed by atoms with Crippen molar-refractivity contribution in [2.45, 2.75) is 31.9 Å². The summed E-state index contributed by atoms with van der Waals surface area (Å²) in [6.45, 7) is 2.82. The molecule has 2 aromatic rings. The molecule has 0 aliphatic carbocycles. The first-order chi connectivity index (χ1) is 10.2. The number of methoxy groups -OCH3 is 1. The van der Waals surface area contributed by atoms with Gasteiger partial charge in [0.25, 0.3) is 5.91 Å². The van der Waals surface area contributed by atoms with Gasteiger partial charge >= 0.3 is 0 Å². The number of nitrogens with zero attached hydrogens (tertiary/aromatic N) is 3. The summed E-state index contributed by atoms with van der Waals surface area (Å²) in [5, 5.41) is 0. The van der Waals surface area contributed by atoms with Gasteiger partial charge < -0.3 is 9.64 Å². The van der Waals surface area contributed by atoms with Crippen LogP contribution in [0.15, 0.2) is 30.6 Å². The van der Waals surface area contributed by atoms with Crippen molar-refractivity contribution in [1.29, 1.82) is 0 Å². The highest BCUT2D eigenvalue weighted by Gasteiger charge is 2.31. The van der Waals surface area contributed by atoms with Crippen LogP contribution in [0, 0.1) is 0 Å². The van der Waals surface area contributed by atoms with Gasteiger partial charge in [0.15, 0.2) is 0 Å². The Morgan fingerprint density at radius 2 is 2.05 bits per heavy atom. The van der Waals surface area contributed by atoms with E-state index in [0.717, 1.165) is 30.4 Å². The average molecular weight is 285 g/mol. The third-order valence-electron chi connectivity index (χ3n) is 4.20. The van der Waals surface area contributed by atoms with Crippen LogP contribution in [0.5, 0.6) is 0 Å². The van der Waals surface area contributed by atoms with Gasteiger partial charge in [0.05, 0.1) is 23.2 Å². The second-order valence-electron chi connectivity index (χ2n) is 5.42. The van der Waals surface area contributed by atoms with Crippen LogP contribution in [-0.4, -0.2) is 46.6 Å². The van der Waals surface area contributed by atoms with Gasteiger partial charge in [0, 0.05) is 31.6 Å². The number of hydrogen-bond acceptors (Lipinski definition) is 4. The number of hydrogen-bond donors (Lipinski definition) is 0.